The molecule has 0 radical (unpaired) electrons. The van der Waals surface area contributed by atoms with Gasteiger partial charge in [0, 0.05) is 37.3 Å². The summed E-state index contributed by atoms with van der Waals surface area (Å²) in [5, 5.41) is 13.5. The van der Waals surface area contributed by atoms with Crippen LogP contribution in [0.3, 0.4) is 0 Å². The molecule has 1 amide bonds. The molecule has 0 spiro atoms. The molecule has 0 unspecified atom stereocenters. The zero-order valence-corrected chi connectivity index (χ0v) is 18.6. The van der Waals surface area contributed by atoms with Gasteiger partial charge in [-0.15, -0.1) is 0 Å². The summed E-state index contributed by atoms with van der Waals surface area (Å²) in [5.41, 5.74) is 1.57. The van der Waals surface area contributed by atoms with Crippen LogP contribution in [0.15, 0.2) is 48.5 Å². The average molecular weight is 453 g/mol. The number of aromatic nitrogens is 1. The van der Waals surface area contributed by atoms with Gasteiger partial charge in [0.05, 0.1) is 21.7 Å². The van der Waals surface area contributed by atoms with Crippen molar-refractivity contribution in [3.8, 4) is 0 Å². The largest absolute Gasteiger partial charge is 0.478 e. The number of halogens is 1. The van der Waals surface area contributed by atoms with E-state index < -0.39 is 5.97 Å². The Bertz CT molecular complexity index is 1160. The smallest absolute Gasteiger partial charge is 0.336 e. The lowest BCUT2D eigenvalue weighted by Gasteiger charge is -2.35. The standard InChI is InChI=1S/C24H25ClN4O3/c1-2-9-28-10-12-29(13-11-28)22-15-19(24(31)32)18-14-16(7-8-21(18)27-22)26-23(30)17-5-3-4-6-20(17)25/h3-8,14-15H,2,9-13H2,1H3,(H,26,30)(H,31,32). The lowest BCUT2D eigenvalue weighted by atomic mass is 10.1. The van der Waals surface area contributed by atoms with Crippen LogP contribution in [0.2, 0.25) is 5.02 Å². The van der Waals surface area contributed by atoms with Crippen LogP contribution in [-0.2, 0) is 0 Å². The van der Waals surface area contributed by atoms with Gasteiger partial charge < -0.3 is 15.3 Å². The summed E-state index contributed by atoms with van der Waals surface area (Å²) in [4.78, 5) is 33.9. The molecule has 1 aliphatic heterocycles. The summed E-state index contributed by atoms with van der Waals surface area (Å²) in [5.74, 6) is -0.724. The third-order valence-corrected chi connectivity index (χ3v) is 5.97. The normalized spacial score (nSPS) is 14.5. The van der Waals surface area contributed by atoms with Crippen LogP contribution in [0.25, 0.3) is 10.9 Å². The maximum absolute atomic E-state index is 12.6. The summed E-state index contributed by atoms with van der Waals surface area (Å²) in [6.07, 6.45) is 1.12. The number of pyridine rings is 1. The minimum atomic E-state index is -1.03. The molecule has 7 nitrogen and oxygen atoms in total. The molecule has 2 aromatic carbocycles. The fourth-order valence-electron chi connectivity index (χ4n) is 3.99. The van der Waals surface area contributed by atoms with E-state index in [2.05, 4.69) is 22.0 Å². The molecule has 0 atom stereocenters. The van der Waals surface area contributed by atoms with Crippen LogP contribution in [0.5, 0.6) is 0 Å². The molecule has 166 valence electrons. The molecule has 1 saturated heterocycles. The van der Waals surface area contributed by atoms with E-state index in [-0.39, 0.29) is 11.5 Å². The zero-order chi connectivity index (χ0) is 22.7. The van der Waals surface area contributed by atoms with Gasteiger partial charge in [-0.2, -0.15) is 0 Å². The van der Waals surface area contributed by atoms with E-state index in [1.165, 1.54) is 0 Å². The van der Waals surface area contributed by atoms with Crippen molar-refractivity contribution in [3.05, 3.63) is 64.7 Å². The van der Waals surface area contributed by atoms with Crippen LogP contribution in [-0.4, -0.2) is 59.6 Å². The quantitative estimate of drug-likeness (QED) is 0.577. The number of carboxylic acids is 1. The highest BCUT2D eigenvalue weighted by Gasteiger charge is 2.21. The van der Waals surface area contributed by atoms with E-state index in [4.69, 9.17) is 16.6 Å². The van der Waals surface area contributed by atoms with Crippen molar-refractivity contribution < 1.29 is 14.7 Å². The van der Waals surface area contributed by atoms with Gasteiger partial charge >= 0.3 is 5.97 Å². The predicted molar refractivity (Wildman–Crippen MR) is 127 cm³/mol. The molecule has 2 heterocycles. The van der Waals surface area contributed by atoms with Crippen molar-refractivity contribution >= 4 is 45.9 Å². The Kier molecular flexibility index (Phi) is 6.58. The van der Waals surface area contributed by atoms with Crippen LogP contribution in [0.1, 0.15) is 34.1 Å². The first kappa shape index (κ1) is 22.0. The van der Waals surface area contributed by atoms with Crippen LogP contribution in [0.4, 0.5) is 11.5 Å². The Morgan fingerprint density at radius 3 is 2.50 bits per heavy atom. The van der Waals surface area contributed by atoms with Gasteiger partial charge in [0.2, 0.25) is 0 Å². The SMILES string of the molecule is CCCN1CCN(c2cc(C(=O)O)c3cc(NC(=O)c4ccccc4Cl)ccc3n2)CC1. The second-order valence-electron chi connectivity index (χ2n) is 7.83. The molecule has 1 aliphatic rings. The molecule has 0 aliphatic carbocycles. The number of carbonyl (C=O) groups excluding carboxylic acids is 1. The molecular weight excluding hydrogens is 428 g/mol. The lowest BCUT2D eigenvalue weighted by Crippen LogP contribution is -2.46. The summed E-state index contributed by atoms with van der Waals surface area (Å²) in [6.45, 7) is 6.72. The minimum Gasteiger partial charge on any atom is -0.478 e. The van der Waals surface area contributed by atoms with Crippen molar-refractivity contribution in [2.24, 2.45) is 0 Å². The van der Waals surface area contributed by atoms with Gasteiger partial charge in [-0.25, -0.2) is 9.78 Å². The minimum absolute atomic E-state index is 0.162. The molecule has 2 N–H and O–H groups in total. The summed E-state index contributed by atoms with van der Waals surface area (Å²) in [7, 11) is 0. The molecule has 1 fully saturated rings. The van der Waals surface area contributed by atoms with Gasteiger partial charge in [-0.3, -0.25) is 9.69 Å². The number of piperazine rings is 1. The van der Waals surface area contributed by atoms with Crippen molar-refractivity contribution in [1.29, 1.82) is 0 Å². The Hall–Kier alpha value is -3.16. The second-order valence-corrected chi connectivity index (χ2v) is 8.23. The number of rotatable bonds is 6. The third-order valence-electron chi connectivity index (χ3n) is 5.64. The highest BCUT2D eigenvalue weighted by Crippen LogP contribution is 2.27. The fourth-order valence-corrected chi connectivity index (χ4v) is 4.21. The Labute approximate surface area is 191 Å². The van der Waals surface area contributed by atoms with Crippen LogP contribution < -0.4 is 10.2 Å². The summed E-state index contributed by atoms with van der Waals surface area (Å²) in [6, 6.07) is 13.5. The number of hydrogen-bond donors (Lipinski definition) is 2. The number of anilines is 2. The highest BCUT2D eigenvalue weighted by atomic mass is 35.5. The van der Waals surface area contributed by atoms with Gasteiger partial charge in [-0.05, 0) is 49.4 Å². The predicted octanol–water partition coefficient (Wildman–Crippen LogP) is 4.37. The number of carbonyl (C=O) groups is 2. The first-order valence-electron chi connectivity index (χ1n) is 10.7. The average Bonchev–Trinajstić information content (AvgIpc) is 2.79. The molecule has 4 rings (SSSR count). The highest BCUT2D eigenvalue weighted by molar-refractivity contribution is 6.34. The number of carboxylic acid groups (broad SMARTS) is 1. The van der Waals surface area contributed by atoms with E-state index in [0.717, 1.165) is 39.1 Å². The van der Waals surface area contributed by atoms with E-state index >= 15 is 0 Å². The fraction of sp³-hybridized carbons (Fsp3) is 0.292. The first-order chi connectivity index (χ1) is 15.5. The van der Waals surface area contributed by atoms with E-state index in [0.29, 0.717) is 33.0 Å². The first-order valence-corrected chi connectivity index (χ1v) is 11.1. The zero-order valence-electron chi connectivity index (χ0n) is 17.8. The number of benzene rings is 2. The lowest BCUT2D eigenvalue weighted by molar-refractivity contribution is 0.0698. The molecule has 8 heteroatoms. The van der Waals surface area contributed by atoms with Crippen LogP contribution >= 0.6 is 11.6 Å². The van der Waals surface area contributed by atoms with Gasteiger partial charge in [0.15, 0.2) is 0 Å². The van der Waals surface area contributed by atoms with Crippen molar-refractivity contribution in [1.82, 2.24) is 9.88 Å². The number of nitrogens with one attached hydrogen (secondary N) is 1. The third kappa shape index (κ3) is 4.69. The molecular formula is C24H25ClN4O3. The number of aromatic carboxylic acids is 1. The molecule has 0 saturated carbocycles. The number of fused-ring (bicyclic) bond motifs is 1. The molecule has 0 bridgehead atoms. The van der Waals surface area contributed by atoms with Crippen molar-refractivity contribution in [2.45, 2.75) is 13.3 Å². The molecule has 32 heavy (non-hydrogen) atoms. The van der Waals surface area contributed by atoms with Crippen molar-refractivity contribution in [3.63, 3.8) is 0 Å². The van der Waals surface area contributed by atoms with E-state index in [9.17, 15) is 14.7 Å². The van der Waals surface area contributed by atoms with Gasteiger partial charge in [0.25, 0.3) is 5.91 Å². The monoisotopic (exact) mass is 452 g/mol. The Morgan fingerprint density at radius 2 is 1.81 bits per heavy atom. The Balaban J connectivity index is 1.61. The number of amides is 1. The molecule has 1 aromatic heterocycles. The van der Waals surface area contributed by atoms with E-state index in [1.54, 1.807) is 48.5 Å². The summed E-state index contributed by atoms with van der Waals surface area (Å²) >= 11 is 6.11. The van der Waals surface area contributed by atoms with Gasteiger partial charge in [0.1, 0.15) is 5.82 Å². The van der Waals surface area contributed by atoms with Gasteiger partial charge in [-0.1, -0.05) is 30.7 Å². The maximum atomic E-state index is 12.6. The number of hydrogen-bond acceptors (Lipinski definition) is 5. The Morgan fingerprint density at radius 1 is 1.06 bits per heavy atom. The van der Waals surface area contributed by atoms with E-state index in [1.807, 2.05) is 0 Å². The van der Waals surface area contributed by atoms with Crippen LogP contribution in [0, 0.1) is 0 Å². The second kappa shape index (κ2) is 9.54. The maximum Gasteiger partial charge on any atom is 0.336 e. The van der Waals surface area contributed by atoms with Crippen molar-refractivity contribution in [2.75, 3.05) is 42.9 Å². The topological polar surface area (TPSA) is 85.8 Å². The number of nitrogens with zero attached hydrogens (tertiary/aromatic N) is 3. The summed E-state index contributed by atoms with van der Waals surface area (Å²) < 4.78 is 0. The molecule has 3 aromatic rings.